The van der Waals surface area contributed by atoms with Crippen LogP contribution in [-0.4, -0.2) is 46.6 Å². The summed E-state index contributed by atoms with van der Waals surface area (Å²) in [5.41, 5.74) is 6.27. The zero-order valence-electron chi connectivity index (χ0n) is 17.0. The lowest BCUT2D eigenvalue weighted by molar-refractivity contribution is -0.384. The normalized spacial score (nSPS) is 12.7. The van der Waals surface area contributed by atoms with E-state index < -0.39 is 35.0 Å². The van der Waals surface area contributed by atoms with E-state index in [9.17, 15) is 29.6 Å². The van der Waals surface area contributed by atoms with Gasteiger partial charge in [-0.1, -0.05) is 13.8 Å². The number of hydrogen-bond donors (Lipinski definition) is 4. The molecule has 0 saturated heterocycles. The summed E-state index contributed by atoms with van der Waals surface area (Å²) in [4.78, 5) is 45.0. The minimum Gasteiger partial charge on any atom is -0.480 e. The van der Waals surface area contributed by atoms with Crippen molar-refractivity contribution in [3.8, 4) is 0 Å². The number of nitrogens with two attached hydrogens (primary N) is 1. The van der Waals surface area contributed by atoms with E-state index in [4.69, 9.17) is 10.5 Å². The van der Waals surface area contributed by atoms with Crippen LogP contribution in [0, 0.1) is 16.0 Å². The molecule has 0 saturated carbocycles. The summed E-state index contributed by atoms with van der Waals surface area (Å²) in [5, 5.41) is 24.8. The van der Waals surface area contributed by atoms with Crippen molar-refractivity contribution < 1.29 is 29.2 Å². The maximum Gasteiger partial charge on any atom is 0.407 e. The van der Waals surface area contributed by atoms with Crippen molar-refractivity contribution in [1.29, 1.82) is 0 Å². The number of benzene rings is 1. The van der Waals surface area contributed by atoms with Crippen LogP contribution in [0.25, 0.3) is 0 Å². The molecule has 1 aromatic rings. The molecule has 0 fully saturated rings. The van der Waals surface area contributed by atoms with Crippen LogP contribution in [0.5, 0.6) is 0 Å². The summed E-state index contributed by atoms with van der Waals surface area (Å²) in [7, 11) is 0. The molecule has 1 aromatic carbocycles. The van der Waals surface area contributed by atoms with Crippen molar-refractivity contribution >= 4 is 23.7 Å². The second-order valence-electron chi connectivity index (χ2n) is 7.09. The second kappa shape index (κ2) is 12.4. The average molecular weight is 424 g/mol. The van der Waals surface area contributed by atoms with E-state index in [2.05, 4.69) is 10.6 Å². The van der Waals surface area contributed by atoms with Crippen LogP contribution in [-0.2, 0) is 20.9 Å². The zero-order chi connectivity index (χ0) is 22.7. The van der Waals surface area contributed by atoms with Gasteiger partial charge in [-0.2, -0.15) is 0 Å². The number of amides is 2. The minimum absolute atomic E-state index is 0.0347. The third-order valence-corrected chi connectivity index (χ3v) is 4.34. The fourth-order valence-corrected chi connectivity index (χ4v) is 2.41. The van der Waals surface area contributed by atoms with E-state index in [0.29, 0.717) is 18.4 Å². The highest BCUT2D eigenvalue weighted by molar-refractivity contribution is 5.86. The van der Waals surface area contributed by atoms with E-state index in [1.54, 1.807) is 13.8 Å². The van der Waals surface area contributed by atoms with E-state index >= 15 is 0 Å². The molecule has 11 heteroatoms. The number of unbranched alkanes of at least 4 members (excludes halogenated alkanes) is 1. The van der Waals surface area contributed by atoms with Crippen LogP contribution in [0.2, 0.25) is 0 Å². The highest BCUT2D eigenvalue weighted by atomic mass is 16.6. The molecule has 0 aliphatic carbocycles. The number of nitrogens with zero attached hydrogens (tertiary/aromatic N) is 1. The monoisotopic (exact) mass is 424 g/mol. The number of carbonyl (C=O) groups is 3. The third-order valence-electron chi connectivity index (χ3n) is 4.34. The summed E-state index contributed by atoms with van der Waals surface area (Å²) in [6.07, 6.45) is 0.490. The highest BCUT2D eigenvalue weighted by Crippen LogP contribution is 2.12. The Bertz CT molecular complexity index is 737. The quantitative estimate of drug-likeness (QED) is 0.222. The van der Waals surface area contributed by atoms with Gasteiger partial charge in [0.1, 0.15) is 12.6 Å². The number of alkyl carbamates (subject to hydrolysis) is 1. The number of aliphatic carboxylic acids is 1. The Labute approximate surface area is 174 Å². The number of carbonyl (C=O) groups excluding carboxylic acids is 2. The molecule has 1 rings (SSSR count). The Hall–Kier alpha value is -3.21. The first-order chi connectivity index (χ1) is 14.1. The van der Waals surface area contributed by atoms with Gasteiger partial charge in [0.15, 0.2) is 0 Å². The van der Waals surface area contributed by atoms with Gasteiger partial charge in [0.05, 0.1) is 11.0 Å². The SMILES string of the molecule is CC(C)[C@H](N)C(=O)N[C@@H](CCCCNC(=O)OCc1ccc([N+](=O)[O-])cc1)C(=O)O. The predicted molar refractivity (Wildman–Crippen MR) is 108 cm³/mol. The van der Waals surface area contributed by atoms with Crippen LogP contribution in [0.3, 0.4) is 0 Å². The van der Waals surface area contributed by atoms with E-state index in [1.165, 1.54) is 24.3 Å². The van der Waals surface area contributed by atoms with Crippen LogP contribution >= 0.6 is 0 Å². The number of rotatable bonds is 12. The highest BCUT2D eigenvalue weighted by Gasteiger charge is 2.24. The predicted octanol–water partition coefficient (Wildman–Crippen LogP) is 1.54. The van der Waals surface area contributed by atoms with Crippen LogP contribution in [0.15, 0.2) is 24.3 Å². The number of carboxylic acids is 1. The Morgan fingerprint density at radius 3 is 2.37 bits per heavy atom. The van der Waals surface area contributed by atoms with Crippen LogP contribution < -0.4 is 16.4 Å². The van der Waals surface area contributed by atoms with Gasteiger partial charge >= 0.3 is 12.1 Å². The molecule has 0 aliphatic rings. The molecule has 11 nitrogen and oxygen atoms in total. The molecule has 0 aliphatic heterocycles. The first-order valence-electron chi connectivity index (χ1n) is 9.54. The van der Waals surface area contributed by atoms with Crippen molar-refractivity contribution in [2.24, 2.45) is 11.7 Å². The Kier molecular flexibility index (Phi) is 10.2. The second-order valence-corrected chi connectivity index (χ2v) is 7.09. The number of nitrogens with one attached hydrogen (secondary N) is 2. The molecular formula is C19H28N4O7. The Morgan fingerprint density at radius 2 is 1.83 bits per heavy atom. The average Bonchev–Trinajstić information content (AvgIpc) is 2.70. The van der Waals surface area contributed by atoms with Gasteiger partial charge in [-0.3, -0.25) is 14.9 Å². The number of nitro benzene ring substituents is 1. The van der Waals surface area contributed by atoms with Gasteiger partial charge in [0, 0.05) is 18.7 Å². The fourth-order valence-electron chi connectivity index (χ4n) is 2.41. The molecule has 30 heavy (non-hydrogen) atoms. The van der Waals surface area contributed by atoms with Crippen molar-refractivity contribution in [2.75, 3.05) is 6.54 Å². The van der Waals surface area contributed by atoms with E-state index in [0.717, 1.165) is 0 Å². The third kappa shape index (κ3) is 8.86. The molecule has 0 heterocycles. The van der Waals surface area contributed by atoms with Crippen molar-refractivity contribution in [3.63, 3.8) is 0 Å². The zero-order valence-corrected chi connectivity index (χ0v) is 17.0. The fraction of sp³-hybridized carbons (Fsp3) is 0.526. The topological polar surface area (TPSA) is 174 Å². The molecule has 0 bridgehead atoms. The number of nitro groups is 1. The minimum atomic E-state index is -1.14. The van der Waals surface area contributed by atoms with Gasteiger partial charge in [-0.05, 0) is 42.9 Å². The maximum absolute atomic E-state index is 11.9. The summed E-state index contributed by atoms with van der Waals surface area (Å²) in [5.74, 6) is -1.76. The Morgan fingerprint density at radius 1 is 1.20 bits per heavy atom. The van der Waals surface area contributed by atoms with Crippen molar-refractivity contribution in [3.05, 3.63) is 39.9 Å². The smallest absolute Gasteiger partial charge is 0.407 e. The number of ether oxygens (including phenoxy) is 1. The maximum atomic E-state index is 11.9. The van der Waals surface area contributed by atoms with Crippen molar-refractivity contribution in [2.45, 2.75) is 51.8 Å². The lowest BCUT2D eigenvalue weighted by atomic mass is 10.0. The molecular weight excluding hydrogens is 396 g/mol. The first kappa shape index (κ1) is 24.8. The molecule has 0 spiro atoms. The van der Waals surface area contributed by atoms with Gasteiger partial charge in [0.2, 0.25) is 5.91 Å². The lowest BCUT2D eigenvalue weighted by Crippen LogP contribution is -2.50. The molecule has 0 aromatic heterocycles. The lowest BCUT2D eigenvalue weighted by Gasteiger charge is -2.19. The van der Waals surface area contributed by atoms with E-state index in [1.807, 2.05) is 0 Å². The van der Waals surface area contributed by atoms with E-state index in [-0.39, 0.29) is 31.2 Å². The molecule has 166 valence electrons. The molecule has 5 N–H and O–H groups in total. The van der Waals surface area contributed by atoms with Gasteiger partial charge in [-0.15, -0.1) is 0 Å². The molecule has 0 radical (unpaired) electrons. The summed E-state index contributed by atoms with van der Waals surface area (Å²) >= 11 is 0. The number of non-ortho nitro benzene ring substituents is 1. The molecule has 2 atom stereocenters. The first-order valence-corrected chi connectivity index (χ1v) is 9.54. The number of hydrogen-bond acceptors (Lipinski definition) is 7. The summed E-state index contributed by atoms with van der Waals surface area (Å²) < 4.78 is 5.01. The largest absolute Gasteiger partial charge is 0.480 e. The molecule has 2 amide bonds. The summed E-state index contributed by atoms with van der Waals surface area (Å²) in [6, 6.07) is 3.81. The van der Waals surface area contributed by atoms with Crippen molar-refractivity contribution in [1.82, 2.24) is 10.6 Å². The number of carboxylic acid groups (broad SMARTS) is 1. The Balaban J connectivity index is 2.27. The van der Waals surface area contributed by atoms with Gasteiger partial charge in [-0.25, -0.2) is 9.59 Å². The summed E-state index contributed by atoms with van der Waals surface area (Å²) in [6.45, 7) is 3.77. The molecule has 0 unspecified atom stereocenters. The van der Waals surface area contributed by atoms with Gasteiger partial charge < -0.3 is 26.2 Å². The van der Waals surface area contributed by atoms with Gasteiger partial charge in [0.25, 0.3) is 5.69 Å². The van der Waals surface area contributed by atoms with Crippen LogP contribution in [0.1, 0.15) is 38.7 Å². The van der Waals surface area contributed by atoms with Crippen LogP contribution in [0.4, 0.5) is 10.5 Å². The standard InChI is InChI=1S/C19H28N4O7/c1-12(2)16(20)17(24)22-15(18(25)26)5-3-4-10-21-19(27)30-11-13-6-8-14(9-7-13)23(28)29/h6-9,12,15-16H,3-5,10-11,20H2,1-2H3,(H,21,27)(H,22,24)(H,25,26)/t15-,16-/m0/s1.